The number of aromatic nitrogens is 4. The topological polar surface area (TPSA) is 112 Å². The predicted octanol–water partition coefficient (Wildman–Crippen LogP) is 5.42. The van der Waals surface area contributed by atoms with Crippen molar-refractivity contribution in [1.82, 2.24) is 24.5 Å². The minimum absolute atomic E-state index is 0.0403. The molecule has 1 saturated heterocycles. The largest absolute Gasteiger partial charge is 0.497 e. The van der Waals surface area contributed by atoms with E-state index in [1.165, 1.54) is 0 Å². The zero-order valence-corrected chi connectivity index (χ0v) is 24.7. The first kappa shape index (κ1) is 28.3. The molecule has 0 spiro atoms. The Bertz CT molecular complexity index is 1560. The summed E-state index contributed by atoms with van der Waals surface area (Å²) in [5.41, 5.74) is 1.78. The number of ether oxygens (including phenoxy) is 4. The van der Waals surface area contributed by atoms with Crippen LogP contribution in [0.25, 0.3) is 16.6 Å². The zero-order valence-electron chi connectivity index (χ0n) is 24.7. The summed E-state index contributed by atoms with van der Waals surface area (Å²) in [4.78, 5) is 24.7. The molecule has 5 rings (SSSR count). The molecule has 2 atom stereocenters. The highest BCUT2D eigenvalue weighted by atomic mass is 16.6. The maximum atomic E-state index is 13.0. The number of carbonyl (C=O) groups excluding carboxylic acids is 1. The number of methoxy groups -OCH3 is 3. The Kier molecular flexibility index (Phi) is 7.79. The van der Waals surface area contributed by atoms with Gasteiger partial charge in [0.2, 0.25) is 5.95 Å². The van der Waals surface area contributed by atoms with Crippen molar-refractivity contribution in [3.05, 3.63) is 47.8 Å². The molecular formula is C30H38N6O5. The Morgan fingerprint density at radius 3 is 2.44 bits per heavy atom. The van der Waals surface area contributed by atoms with Crippen molar-refractivity contribution in [1.29, 1.82) is 0 Å². The molecule has 3 heterocycles. The van der Waals surface area contributed by atoms with Gasteiger partial charge in [-0.15, -0.1) is 5.10 Å². The van der Waals surface area contributed by atoms with Crippen LogP contribution in [0.1, 0.15) is 57.8 Å². The van der Waals surface area contributed by atoms with Gasteiger partial charge in [-0.25, -0.2) is 14.8 Å². The summed E-state index contributed by atoms with van der Waals surface area (Å²) < 4.78 is 23.8. The Balaban J connectivity index is 1.51. The van der Waals surface area contributed by atoms with Gasteiger partial charge >= 0.3 is 6.09 Å². The fourth-order valence-corrected chi connectivity index (χ4v) is 5.08. The van der Waals surface area contributed by atoms with E-state index in [4.69, 9.17) is 34.0 Å². The molecule has 1 amide bonds. The number of anilines is 1. The minimum Gasteiger partial charge on any atom is -0.497 e. The maximum Gasteiger partial charge on any atom is 0.410 e. The molecule has 41 heavy (non-hydrogen) atoms. The molecule has 2 aromatic heterocycles. The maximum absolute atomic E-state index is 13.0. The van der Waals surface area contributed by atoms with Crippen molar-refractivity contribution in [3.8, 4) is 17.2 Å². The molecule has 0 unspecified atom stereocenters. The van der Waals surface area contributed by atoms with E-state index in [9.17, 15) is 4.79 Å². The number of carbonyl (C=O) groups is 1. The van der Waals surface area contributed by atoms with Crippen LogP contribution in [-0.2, 0) is 11.3 Å². The van der Waals surface area contributed by atoms with Gasteiger partial charge in [-0.1, -0.05) is 0 Å². The number of amides is 1. The van der Waals surface area contributed by atoms with Crippen LogP contribution < -0.4 is 19.5 Å². The number of hydrogen-bond acceptors (Lipinski definition) is 9. The summed E-state index contributed by atoms with van der Waals surface area (Å²) in [7, 11) is 4.88. The van der Waals surface area contributed by atoms with E-state index in [0.717, 1.165) is 29.3 Å². The van der Waals surface area contributed by atoms with Crippen LogP contribution in [0, 0.1) is 0 Å². The predicted molar refractivity (Wildman–Crippen MR) is 156 cm³/mol. The Morgan fingerprint density at radius 1 is 1.00 bits per heavy atom. The van der Waals surface area contributed by atoms with Gasteiger partial charge in [-0.2, -0.15) is 4.52 Å². The lowest BCUT2D eigenvalue weighted by Crippen LogP contribution is -2.47. The van der Waals surface area contributed by atoms with E-state index in [1.54, 1.807) is 30.7 Å². The van der Waals surface area contributed by atoms with Gasteiger partial charge in [-0.05, 0) is 64.8 Å². The molecule has 0 saturated carbocycles. The molecule has 0 aliphatic carbocycles. The highest BCUT2D eigenvalue weighted by Gasteiger charge is 2.34. The second-order valence-electron chi connectivity index (χ2n) is 11.3. The van der Waals surface area contributed by atoms with Gasteiger partial charge in [0, 0.05) is 48.1 Å². The fourth-order valence-electron chi connectivity index (χ4n) is 5.08. The number of nitrogens with one attached hydrogen (secondary N) is 1. The smallest absolute Gasteiger partial charge is 0.410 e. The third kappa shape index (κ3) is 5.94. The summed E-state index contributed by atoms with van der Waals surface area (Å²) in [5, 5.41) is 9.20. The van der Waals surface area contributed by atoms with E-state index in [-0.39, 0.29) is 18.1 Å². The van der Waals surface area contributed by atoms with Gasteiger partial charge in [0.25, 0.3) is 0 Å². The number of nitrogens with zero attached hydrogens (tertiary/aromatic N) is 5. The quantitative estimate of drug-likeness (QED) is 0.316. The van der Waals surface area contributed by atoms with Gasteiger partial charge in [0.1, 0.15) is 22.8 Å². The normalized spacial score (nSPS) is 17.5. The molecule has 0 bridgehead atoms. The number of piperidine rings is 1. The van der Waals surface area contributed by atoms with Gasteiger partial charge in [0.05, 0.1) is 26.8 Å². The number of likely N-dealkylation sites (tertiary alicyclic amines) is 1. The first-order chi connectivity index (χ1) is 19.6. The highest BCUT2D eigenvalue weighted by molar-refractivity contribution is 5.93. The molecule has 11 heteroatoms. The van der Waals surface area contributed by atoms with Crippen LogP contribution in [-0.4, -0.2) is 70.1 Å². The molecule has 2 aromatic carbocycles. The molecule has 218 valence electrons. The van der Waals surface area contributed by atoms with E-state index in [2.05, 4.69) is 12.2 Å². The summed E-state index contributed by atoms with van der Waals surface area (Å²) in [6, 6.07) is 11.5. The lowest BCUT2D eigenvalue weighted by molar-refractivity contribution is 0.00938. The molecule has 4 aromatic rings. The second-order valence-corrected chi connectivity index (χ2v) is 11.3. The SMILES string of the molecule is COc1ccc(CNc2nc3cc(OC)ccc3c3nc([C@H]4CC[C@@H](C)N(C(=O)OC(C)(C)C)C4)nn23)c(OC)c1. The van der Waals surface area contributed by atoms with Crippen LogP contribution in [0.3, 0.4) is 0 Å². The first-order valence-corrected chi connectivity index (χ1v) is 13.8. The van der Waals surface area contributed by atoms with Crippen LogP contribution in [0.2, 0.25) is 0 Å². The fraction of sp³-hybridized carbons (Fsp3) is 0.467. The summed E-state index contributed by atoms with van der Waals surface area (Å²) in [6.07, 6.45) is 1.38. The van der Waals surface area contributed by atoms with Gasteiger partial charge in [0.15, 0.2) is 11.5 Å². The van der Waals surface area contributed by atoms with Crippen LogP contribution in [0.4, 0.5) is 10.7 Å². The first-order valence-electron chi connectivity index (χ1n) is 13.8. The van der Waals surface area contributed by atoms with Crippen molar-refractivity contribution in [2.45, 2.75) is 64.6 Å². The molecule has 1 aliphatic heterocycles. The summed E-state index contributed by atoms with van der Waals surface area (Å²) in [6.45, 7) is 8.61. The molecule has 1 fully saturated rings. The van der Waals surface area contributed by atoms with Gasteiger partial charge in [-0.3, -0.25) is 0 Å². The molecule has 11 nitrogen and oxygen atoms in total. The van der Waals surface area contributed by atoms with Crippen LogP contribution in [0.5, 0.6) is 17.2 Å². The van der Waals surface area contributed by atoms with Crippen molar-refractivity contribution in [2.24, 2.45) is 0 Å². The minimum atomic E-state index is -0.566. The lowest BCUT2D eigenvalue weighted by atomic mass is 9.93. The van der Waals surface area contributed by atoms with E-state index >= 15 is 0 Å². The van der Waals surface area contributed by atoms with Crippen LogP contribution >= 0.6 is 0 Å². The highest BCUT2D eigenvalue weighted by Crippen LogP contribution is 2.32. The van der Waals surface area contributed by atoms with Crippen molar-refractivity contribution >= 4 is 28.6 Å². The monoisotopic (exact) mass is 562 g/mol. The third-order valence-corrected chi connectivity index (χ3v) is 7.30. The lowest BCUT2D eigenvalue weighted by Gasteiger charge is -2.37. The third-order valence-electron chi connectivity index (χ3n) is 7.30. The molecular weight excluding hydrogens is 524 g/mol. The zero-order chi connectivity index (χ0) is 29.3. The van der Waals surface area contributed by atoms with Gasteiger partial charge < -0.3 is 29.2 Å². The van der Waals surface area contributed by atoms with Crippen LogP contribution in [0.15, 0.2) is 36.4 Å². The average molecular weight is 563 g/mol. The Morgan fingerprint density at radius 2 is 1.73 bits per heavy atom. The summed E-state index contributed by atoms with van der Waals surface area (Å²) >= 11 is 0. The van der Waals surface area contributed by atoms with E-state index < -0.39 is 5.60 Å². The number of fused-ring (bicyclic) bond motifs is 3. The number of benzene rings is 2. The van der Waals surface area contributed by atoms with E-state index in [1.807, 2.05) is 57.2 Å². The van der Waals surface area contributed by atoms with E-state index in [0.29, 0.717) is 47.8 Å². The Labute approximate surface area is 239 Å². The molecule has 0 radical (unpaired) electrons. The number of hydrogen-bond donors (Lipinski definition) is 1. The number of rotatable bonds is 7. The Hall–Kier alpha value is -4.28. The average Bonchev–Trinajstić information content (AvgIpc) is 3.40. The van der Waals surface area contributed by atoms with Crippen molar-refractivity contribution in [2.75, 3.05) is 33.2 Å². The molecule has 1 N–H and O–H groups in total. The van der Waals surface area contributed by atoms with Crippen molar-refractivity contribution in [3.63, 3.8) is 0 Å². The molecule has 1 aliphatic rings. The summed E-state index contributed by atoms with van der Waals surface area (Å²) in [5.74, 6) is 3.28. The second kappa shape index (κ2) is 11.3. The standard InChI is InChI=1S/C30H38N6O5/c1-18-8-9-20(17-35(18)29(37)41-30(2,3)4)26-33-27-23-13-12-21(38-5)14-24(23)32-28(36(27)34-26)31-16-19-10-11-22(39-6)15-25(19)40-7/h10-15,18,20H,8-9,16-17H2,1-7H3,(H,31,32)/t18-,20+/m1/s1. The van der Waals surface area contributed by atoms with Crippen molar-refractivity contribution < 1.29 is 23.7 Å².